The van der Waals surface area contributed by atoms with Crippen molar-refractivity contribution >= 4 is 35.5 Å². The number of carbonyl (C=O) groups is 4. The summed E-state index contributed by atoms with van der Waals surface area (Å²) >= 11 is 1.53. The zero-order valence-electron chi connectivity index (χ0n) is 17.3. The van der Waals surface area contributed by atoms with Gasteiger partial charge >= 0.3 is 5.97 Å². The summed E-state index contributed by atoms with van der Waals surface area (Å²) in [7, 11) is 0. The summed E-state index contributed by atoms with van der Waals surface area (Å²) < 4.78 is 0. The molecule has 0 aromatic rings. The minimum Gasteiger partial charge on any atom is -0.480 e. The lowest BCUT2D eigenvalue weighted by Crippen LogP contribution is -2.58. The minimum absolute atomic E-state index is 0.225. The zero-order chi connectivity index (χ0) is 21.9. The predicted molar refractivity (Wildman–Crippen MR) is 110 cm³/mol. The van der Waals surface area contributed by atoms with Crippen molar-refractivity contribution in [2.24, 2.45) is 17.6 Å². The summed E-state index contributed by atoms with van der Waals surface area (Å²) in [5.41, 5.74) is 5.31. The third-order valence-corrected chi connectivity index (χ3v) is 5.12. The molecule has 162 valence electrons. The highest BCUT2D eigenvalue weighted by Gasteiger charge is 2.32. The lowest BCUT2D eigenvalue weighted by Gasteiger charge is -2.28. The lowest BCUT2D eigenvalue weighted by molar-refractivity contribution is -0.144. The highest BCUT2D eigenvalue weighted by Crippen LogP contribution is 2.11. The Morgan fingerprint density at radius 1 is 1.00 bits per heavy atom. The quantitative estimate of drug-likeness (QED) is 0.281. The summed E-state index contributed by atoms with van der Waals surface area (Å²) in [5, 5.41) is 17.1. The Balaban J connectivity index is 5.36. The third kappa shape index (κ3) is 8.92. The van der Waals surface area contributed by atoms with E-state index < -0.39 is 41.8 Å². The highest BCUT2D eigenvalue weighted by molar-refractivity contribution is 7.98. The average molecular weight is 419 g/mol. The Morgan fingerprint density at radius 2 is 1.57 bits per heavy atom. The van der Waals surface area contributed by atoms with Crippen molar-refractivity contribution in [2.45, 2.75) is 58.7 Å². The summed E-state index contributed by atoms with van der Waals surface area (Å²) in [6, 6.07) is -2.78. The van der Waals surface area contributed by atoms with Crippen LogP contribution in [0.1, 0.15) is 40.5 Å². The van der Waals surface area contributed by atoms with Gasteiger partial charge in [0.1, 0.15) is 18.1 Å². The van der Waals surface area contributed by atoms with Crippen molar-refractivity contribution in [1.29, 1.82) is 0 Å². The molecule has 0 saturated carbocycles. The topological polar surface area (TPSA) is 151 Å². The third-order valence-electron chi connectivity index (χ3n) is 4.47. The molecule has 0 heterocycles. The molecule has 0 bridgehead atoms. The van der Waals surface area contributed by atoms with Crippen molar-refractivity contribution in [2.75, 3.05) is 18.6 Å². The first-order chi connectivity index (χ1) is 13.1. The fourth-order valence-corrected chi connectivity index (χ4v) is 2.94. The van der Waals surface area contributed by atoms with Gasteiger partial charge in [-0.3, -0.25) is 14.4 Å². The fourth-order valence-electron chi connectivity index (χ4n) is 2.47. The van der Waals surface area contributed by atoms with Crippen molar-refractivity contribution in [1.82, 2.24) is 16.0 Å². The molecule has 3 amide bonds. The molecule has 0 saturated heterocycles. The van der Waals surface area contributed by atoms with Crippen LogP contribution < -0.4 is 21.7 Å². The van der Waals surface area contributed by atoms with E-state index in [0.29, 0.717) is 18.6 Å². The molecule has 10 heteroatoms. The first-order valence-electron chi connectivity index (χ1n) is 9.40. The van der Waals surface area contributed by atoms with Gasteiger partial charge in [-0.15, -0.1) is 0 Å². The molecule has 0 aromatic heterocycles. The number of aliphatic carboxylic acids is 1. The number of hydrogen-bond acceptors (Lipinski definition) is 6. The van der Waals surface area contributed by atoms with E-state index in [9.17, 15) is 24.3 Å². The largest absolute Gasteiger partial charge is 0.480 e. The van der Waals surface area contributed by atoms with Gasteiger partial charge < -0.3 is 26.8 Å². The Morgan fingerprint density at radius 3 is 2.00 bits per heavy atom. The van der Waals surface area contributed by atoms with Crippen molar-refractivity contribution < 1.29 is 24.3 Å². The molecule has 6 N–H and O–H groups in total. The van der Waals surface area contributed by atoms with Crippen LogP contribution in [0.4, 0.5) is 0 Å². The normalized spacial score (nSPS) is 15.2. The molecule has 0 spiro atoms. The van der Waals surface area contributed by atoms with Crippen molar-refractivity contribution in [3.63, 3.8) is 0 Å². The Labute approximate surface area is 170 Å². The second-order valence-electron chi connectivity index (χ2n) is 7.05. The van der Waals surface area contributed by atoms with Gasteiger partial charge in [-0.2, -0.15) is 11.8 Å². The number of rotatable bonds is 13. The van der Waals surface area contributed by atoms with Gasteiger partial charge in [0.2, 0.25) is 17.7 Å². The molecule has 0 aliphatic carbocycles. The summed E-state index contributed by atoms with van der Waals surface area (Å²) in [5.74, 6) is -2.55. The Bertz CT molecular complexity index is 544. The molecule has 9 nitrogen and oxygen atoms in total. The first kappa shape index (κ1) is 26.2. The molecular weight excluding hydrogens is 384 g/mol. The van der Waals surface area contributed by atoms with Crippen LogP contribution in [0.3, 0.4) is 0 Å². The van der Waals surface area contributed by atoms with E-state index in [1.807, 2.05) is 13.2 Å². The van der Waals surface area contributed by atoms with Gasteiger partial charge in [0, 0.05) is 0 Å². The number of amides is 3. The monoisotopic (exact) mass is 418 g/mol. The standard InChI is InChI=1S/C18H34N4O5S/c1-6-11(4)15(17(25)21-14(10(2)3)18(26)27)22-16(24)12(7-8-28-5)20-13(23)9-19/h10-12,14-15H,6-9,19H2,1-5H3,(H,20,23)(H,21,25)(H,22,24)(H,26,27). The highest BCUT2D eigenvalue weighted by atomic mass is 32.2. The molecule has 0 rings (SSSR count). The van der Waals surface area contributed by atoms with Gasteiger partial charge in [0.05, 0.1) is 6.54 Å². The fraction of sp³-hybridized carbons (Fsp3) is 0.778. The van der Waals surface area contributed by atoms with E-state index in [0.717, 1.165) is 0 Å². The smallest absolute Gasteiger partial charge is 0.326 e. The van der Waals surface area contributed by atoms with Crippen molar-refractivity contribution in [3.05, 3.63) is 0 Å². The van der Waals surface area contributed by atoms with E-state index in [4.69, 9.17) is 5.73 Å². The van der Waals surface area contributed by atoms with E-state index in [1.54, 1.807) is 20.8 Å². The first-order valence-corrected chi connectivity index (χ1v) is 10.8. The molecular formula is C18H34N4O5S. The van der Waals surface area contributed by atoms with Crippen LogP contribution in [0, 0.1) is 11.8 Å². The molecule has 0 aromatic carbocycles. The van der Waals surface area contributed by atoms with Crippen LogP contribution in [0.15, 0.2) is 0 Å². The molecule has 0 aliphatic heterocycles. The second-order valence-corrected chi connectivity index (χ2v) is 8.03. The average Bonchev–Trinajstić information content (AvgIpc) is 2.65. The predicted octanol–water partition coefficient (Wildman–Crippen LogP) is -0.0607. The van der Waals surface area contributed by atoms with Gasteiger partial charge in [-0.05, 0) is 30.3 Å². The number of nitrogens with two attached hydrogens (primary N) is 1. The van der Waals surface area contributed by atoms with Crippen LogP contribution in [0.5, 0.6) is 0 Å². The van der Waals surface area contributed by atoms with E-state index in [2.05, 4.69) is 16.0 Å². The van der Waals surface area contributed by atoms with Gasteiger partial charge in [0.15, 0.2) is 0 Å². The van der Waals surface area contributed by atoms with E-state index >= 15 is 0 Å². The van der Waals surface area contributed by atoms with Crippen LogP contribution in [-0.2, 0) is 19.2 Å². The summed E-state index contributed by atoms with van der Waals surface area (Å²) in [4.78, 5) is 48.4. The van der Waals surface area contributed by atoms with E-state index in [-0.39, 0.29) is 18.4 Å². The minimum atomic E-state index is -1.13. The summed E-state index contributed by atoms with van der Waals surface area (Å²) in [6.45, 7) is 6.81. The number of carboxylic acids is 1. The molecule has 0 aliphatic rings. The van der Waals surface area contributed by atoms with Crippen LogP contribution in [0.25, 0.3) is 0 Å². The molecule has 0 fully saturated rings. The second kappa shape index (κ2) is 13.4. The maximum Gasteiger partial charge on any atom is 0.326 e. The van der Waals surface area contributed by atoms with E-state index in [1.165, 1.54) is 11.8 Å². The maximum atomic E-state index is 12.7. The van der Waals surface area contributed by atoms with Crippen LogP contribution in [-0.4, -0.2) is 65.5 Å². The Kier molecular flexibility index (Phi) is 12.5. The summed E-state index contributed by atoms with van der Waals surface area (Å²) in [6.07, 6.45) is 2.87. The number of carboxylic acid groups (broad SMARTS) is 1. The molecule has 4 unspecified atom stereocenters. The molecule has 4 atom stereocenters. The van der Waals surface area contributed by atoms with Crippen molar-refractivity contribution in [3.8, 4) is 0 Å². The van der Waals surface area contributed by atoms with Gasteiger partial charge in [0.25, 0.3) is 0 Å². The SMILES string of the molecule is CCC(C)C(NC(=O)C(CCSC)NC(=O)CN)C(=O)NC(C(=O)O)C(C)C. The molecule has 0 radical (unpaired) electrons. The van der Waals surface area contributed by atoms with Gasteiger partial charge in [-0.1, -0.05) is 34.1 Å². The van der Waals surface area contributed by atoms with Gasteiger partial charge in [-0.25, -0.2) is 4.79 Å². The number of nitrogens with one attached hydrogen (secondary N) is 3. The molecule has 28 heavy (non-hydrogen) atoms. The zero-order valence-corrected chi connectivity index (χ0v) is 18.1. The number of hydrogen-bond donors (Lipinski definition) is 5. The van der Waals surface area contributed by atoms with Crippen LogP contribution >= 0.6 is 11.8 Å². The Hall–Kier alpha value is -1.81. The maximum absolute atomic E-state index is 12.7. The number of carbonyl (C=O) groups excluding carboxylic acids is 3. The lowest BCUT2D eigenvalue weighted by atomic mass is 9.96. The number of thioether (sulfide) groups is 1. The van der Waals surface area contributed by atoms with Crippen LogP contribution in [0.2, 0.25) is 0 Å².